The molecule has 0 aliphatic carbocycles. The Labute approximate surface area is 102 Å². The number of aromatic nitrogens is 3. The molecular formula is C13H18N4. The topological polar surface area (TPSA) is 56.7 Å². The molecule has 4 heteroatoms. The summed E-state index contributed by atoms with van der Waals surface area (Å²) in [5, 5.41) is 0. The van der Waals surface area contributed by atoms with Crippen LogP contribution in [0.15, 0.2) is 30.9 Å². The minimum Gasteiger partial charge on any atom is -0.384 e. The lowest BCUT2D eigenvalue weighted by Crippen LogP contribution is -1.99. The summed E-state index contributed by atoms with van der Waals surface area (Å²) in [5.41, 5.74) is 7.88. The van der Waals surface area contributed by atoms with Crippen molar-refractivity contribution in [2.24, 2.45) is 0 Å². The van der Waals surface area contributed by atoms with Crippen LogP contribution in [0.4, 0.5) is 5.82 Å². The Kier molecular flexibility index (Phi) is 3.75. The maximum atomic E-state index is 5.70. The third-order valence-corrected chi connectivity index (χ3v) is 2.79. The van der Waals surface area contributed by atoms with Gasteiger partial charge in [-0.1, -0.05) is 19.8 Å². The number of hydrogen-bond donors (Lipinski definition) is 1. The van der Waals surface area contributed by atoms with Gasteiger partial charge in [-0.3, -0.25) is 0 Å². The molecule has 2 N–H and O–H groups in total. The average molecular weight is 230 g/mol. The Hall–Kier alpha value is -1.84. The average Bonchev–Trinajstić information content (AvgIpc) is 2.78. The number of aryl methyl sites for hydroxylation is 1. The van der Waals surface area contributed by atoms with Crippen molar-refractivity contribution in [3.63, 3.8) is 0 Å². The Morgan fingerprint density at radius 2 is 2.24 bits per heavy atom. The molecule has 0 saturated carbocycles. The zero-order chi connectivity index (χ0) is 12.1. The highest BCUT2D eigenvalue weighted by Crippen LogP contribution is 2.20. The molecule has 2 aromatic rings. The van der Waals surface area contributed by atoms with Crippen LogP contribution in [-0.4, -0.2) is 14.5 Å². The van der Waals surface area contributed by atoms with E-state index in [4.69, 9.17) is 5.73 Å². The molecule has 2 aromatic heterocycles. The van der Waals surface area contributed by atoms with Crippen molar-refractivity contribution in [1.29, 1.82) is 0 Å². The van der Waals surface area contributed by atoms with Gasteiger partial charge in [-0.2, -0.15) is 0 Å². The van der Waals surface area contributed by atoms with E-state index >= 15 is 0 Å². The van der Waals surface area contributed by atoms with Crippen LogP contribution < -0.4 is 5.73 Å². The normalized spacial score (nSPS) is 10.6. The second-order valence-corrected chi connectivity index (χ2v) is 4.15. The highest BCUT2D eigenvalue weighted by Gasteiger charge is 2.05. The van der Waals surface area contributed by atoms with Crippen molar-refractivity contribution in [3.05, 3.63) is 30.9 Å². The lowest BCUT2D eigenvalue weighted by Gasteiger charge is -2.08. The number of nitrogens with two attached hydrogens (primary N) is 1. The highest BCUT2D eigenvalue weighted by molar-refractivity contribution is 5.61. The van der Waals surface area contributed by atoms with Gasteiger partial charge in [-0.15, -0.1) is 0 Å². The van der Waals surface area contributed by atoms with E-state index in [0.29, 0.717) is 5.82 Å². The first-order valence-electron chi connectivity index (χ1n) is 6.03. The summed E-state index contributed by atoms with van der Waals surface area (Å²) in [5.74, 6) is 0.545. The second-order valence-electron chi connectivity index (χ2n) is 4.15. The first kappa shape index (κ1) is 11.6. The van der Waals surface area contributed by atoms with Crippen LogP contribution in [0.1, 0.15) is 26.2 Å². The fraction of sp³-hybridized carbons (Fsp3) is 0.385. The van der Waals surface area contributed by atoms with E-state index < -0.39 is 0 Å². The standard InChI is InChI=1S/C13H18N4/c1-2-3-4-7-17-10-15-9-12(17)11-5-6-16-13(14)8-11/h5-6,8-10H,2-4,7H2,1H3,(H2,14,16). The number of nitrogens with zero attached hydrogens (tertiary/aromatic N) is 3. The van der Waals surface area contributed by atoms with E-state index in [-0.39, 0.29) is 0 Å². The summed E-state index contributed by atoms with van der Waals surface area (Å²) in [4.78, 5) is 8.21. The molecule has 0 aliphatic heterocycles. The second kappa shape index (κ2) is 5.48. The predicted molar refractivity (Wildman–Crippen MR) is 69.4 cm³/mol. The molecule has 4 nitrogen and oxygen atoms in total. The van der Waals surface area contributed by atoms with Gasteiger partial charge in [0.1, 0.15) is 5.82 Å². The molecule has 0 spiro atoms. The molecule has 0 fully saturated rings. The highest BCUT2D eigenvalue weighted by atomic mass is 15.0. The zero-order valence-electron chi connectivity index (χ0n) is 10.1. The molecule has 2 rings (SSSR count). The summed E-state index contributed by atoms with van der Waals surface area (Å²) in [6, 6.07) is 3.84. The molecule has 0 saturated heterocycles. The molecule has 17 heavy (non-hydrogen) atoms. The van der Waals surface area contributed by atoms with Gasteiger partial charge in [0.25, 0.3) is 0 Å². The summed E-state index contributed by atoms with van der Waals surface area (Å²) < 4.78 is 2.17. The van der Waals surface area contributed by atoms with Crippen LogP contribution in [0.3, 0.4) is 0 Å². The van der Waals surface area contributed by atoms with Crippen LogP contribution in [-0.2, 0) is 6.54 Å². The van der Waals surface area contributed by atoms with E-state index in [2.05, 4.69) is 21.5 Å². The largest absolute Gasteiger partial charge is 0.384 e. The molecule has 0 unspecified atom stereocenters. The Morgan fingerprint density at radius 1 is 1.35 bits per heavy atom. The van der Waals surface area contributed by atoms with E-state index in [0.717, 1.165) is 17.8 Å². The smallest absolute Gasteiger partial charge is 0.123 e. The lowest BCUT2D eigenvalue weighted by atomic mass is 10.2. The van der Waals surface area contributed by atoms with Crippen molar-refractivity contribution in [1.82, 2.24) is 14.5 Å². The fourth-order valence-electron chi connectivity index (χ4n) is 1.88. The molecule has 0 aromatic carbocycles. The summed E-state index contributed by atoms with van der Waals surface area (Å²) >= 11 is 0. The van der Waals surface area contributed by atoms with Gasteiger partial charge in [0.05, 0.1) is 18.2 Å². The lowest BCUT2D eigenvalue weighted by molar-refractivity contribution is 0.605. The molecule has 0 radical (unpaired) electrons. The first-order valence-corrected chi connectivity index (χ1v) is 6.03. The third-order valence-electron chi connectivity index (χ3n) is 2.79. The minimum absolute atomic E-state index is 0.545. The number of unbranched alkanes of at least 4 members (excludes halogenated alkanes) is 2. The number of nitrogen functional groups attached to an aromatic ring is 1. The molecular weight excluding hydrogens is 212 g/mol. The number of pyridine rings is 1. The number of rotatable bonds is 5. The van der Waals surface area contributed by atoms with E-state index in [1.54, 1.807) is 6.20 Å². The first-order chi connectivity index (χ1) is 8.31. The van der Waals surface area contributed by atoms with E-state index in [1.807, 2.05) is 24.7 Å². The van der Waals surface area contributed by atoms with Crippen molar-refractivity contribution in [2.45, 2.75) is 32.7 Å². The van der Waals surface area contributed by atoms with Crippen molar-refractivity contribution in [3.8, 4) is 11.3 Å². The van der Waals surface area contributed by atoms with Gasteiger partial charge in [0.15, 0.2) is 0 Å². The van der Waals surface area contributed by atoms with Crippen LogP contribution in [0.5, 0.6) is 0 Å². The molecule has 0 aliphatic rings. The van der Waals surface area contributed by atoms with Gasteiger partial charge >= 0.3 is 0 Å². The summed E-state index contributed by atoms with van der Waals surface area (Å²) in [6.07, 6.45) is 9.14. The van der Waals surface area contributed by atoms with Crippen molar-refractivity contribution >= 4 is 5.82 Å². The minimum atomic E-state index is 0.545. The Morgan fingerprint density at radius 3 is 3.00 bits per heavy atom. The van der Waals surface area contributed by atoms with E-state index in [9.17, 15) is 0 Å². The number of imidazole rings is 1. The summed E-state index contributed by atoms with van der Waals surface area (Å²) in [6.45, 7) is 3.21. The van der Waals surface area contributed by atoms with Crippen molar-refractivity contribution in [2.75, 3.05) is 5.73 Å². The van der Waals surface area contributed by atoms with Gasteiger partial charge in [0.2, 0.25) is 0 Å². The summed E-state index contributed by atoms with van der Waals surface area (Å²) in [7, 11) is 0. The number of hydrogen-bond acceptors (Lipinski definition) is 3. The third kappa shape index (κ3) is 2.84. The van der Waals surface area contributed by atoms with Crippen LogP contribution in [0.2, 0.25) is 0 Å². The van der Waals surface area contributed by atoms with Crippen LogP contribution >= 0.6 is 0 Å². The van der Waals surface area contributed by atoms with Gasteiger partial charge in [0, 0.05) is 18.3 Å². The van der Waals surface area contributed by atoms with Crippen molar-refractivity contribution < 1.29 is 0 Å². The molecule has 0 amide bonds. The Balaban J connectivity index is 2.18. The molecule has 0 bridgehead atoms. The predicted octanol–water partition coefficient (Wildman–Crippen LogP) is 2.72. The molecule has 90 valence electrons. The monoisotopic (exact) mass is 230 g/mol. The zero-order valence-corrected chi connectivity index (χ0v) is 10.1. The molecule has 2 heterocycles. The van der Waals surface area contributed by atoms with Crippen LogP contribution in [0.25, 0.3) is 11.3 Å². The SMILES string of the molecule is CCCCCn1cncc1-c1ccnc(N)c1. The maximum absolute atomic E-state index is 5.70. The van der Waals surface area contributed by atoms with Gasteiger partial charge in [-0.05, 0) is 18.6 Å². The van der Waals surface area contributed by atoms with Crippen LogP contribution in [0, 0.1) is 0 Å². The molecule has 0 atom stereocenters. The number of anilines is 1. The Bertz CT molecular complexity index is 476. The van der Waals surface area contributed by atoms with Gasteiger partial charge < -0.3 is 10.3 Å². The quantitative estimate of drug-likeness (QED) is 0.803. The van der Waals surface area contributed by atoms with Gasteiger partial charge in [-0.25, -0.2) is 9.97 Å². The van der Waals surface area contributed by atoms with E-state index in [1.165, 1.54) is 19.3 Å². The fourth-order valence-corrected chi connectivity index (χ4v) is 1.88. The maximum Gasteiger partial charge on any atom is 0.123 e.